The summed E-state index contributed by atoms with van der Waals surface area (Å²) in [5.74, 6) is 0. The fourth-order valence-corrected chi connectivity index (χ4v) is 4.38. The van der Waals surface area contributed by atoms with Gasteiger partial charge in [0.05, 0.1) is 0 Å². The molecule has 2 aromatic rings. The van der Waals surface area contributed by atoms with Gasteiger partial charge in [-0.15, -0.1) is 0 Å². The van der Waals surface area contributed by atoms with E-state index in [0.717, 1.165) is 9.49 Å². The second kappa shape index (κ2) is 5.56. The maximum atomic E-state index is 6.11. The Kier molecular flexibility index (Phi) is 4.09. The fraction of sp³-hybridized carbons (Fsp3) is 0.0769. The maximum absolute atomic E-state index is 6.11. The first-order valence-corrected chi connectivity index (χ1v) is 7.96. The zero-order valence-electron chi connectivity index (χ0n) is 8.19. The molecule has 0 aromatic heterocycles. The van der Waals surface area contributed by atoms with E-state index < -0.39 is 0 Å². The summed E-state index contributed by atoms with van der Waals surface area (Å²) in [5, 5.41) is 0.901. The van der Waals surface area contributed by atoms with Crippen LogP contribution in [0.4, 0.5) is 0 Å². The predicted octanol–water partition coefficient (Wildman–Crippen LogP) is 2.87. The third kappa shape index (κ3) is 3.24. The summed E-state index contributed by atoms with van der Waals surface area (Å²) in [6.07, 6.45) is 0. The van der Waals surface area contributed by atoms with Gasteiger partial charge in [0.2, 0.25) is 0 Å². The van der Waals surface area contributed by atoms with Crippen LogP contribution in [0, 0.1) is 0 Å². The molecule has 2 rings (SSSR count). The van der Waals surface area contributed by atoms with E-state index in [4.69, 9.17) is 11.6 Å². The Labute approximate surface area is 105 Å². The van der Waals surface area contributed by atoms with Crippen LogP contribution in [0.25, 0.3) is 0 Å². The van der Waals surface area contributed by atoms with Gasteiger partial charge in [0, 0.05) is 0 Å². The molecule has 0 fully saturated rings. The van der Waals surface area contributed by atoms with E-state index in [2.05, 4.69) is 42.5 Å². The molecule has 0 saturated carbocycles. The Bertz CT molecular complexity index is 426. The van der Waals surface area contributed by atoms with Crippen molar-refractivity contribution in [3.63, 3.8) is 0 Å². The summed E-state index contributed by atoms with van der Waals surface area (Å²) < 4.78 is 2.62. The van der Waals surface area contributed by atoms with E-state index in [1.54, 1.807) is 0 Å². The van der Waals surface area contributed by atoms with Gasteiger partial charge in [-0.1, -0.05) is 0 Å². The minimum atomic E-state index is -0.135. The summed E-state index contributed by atoms with van der Waals surface area (Å²) in [4.78, 5) is 0. The molecule has 0 radical (unpaired) electrons. The van der Waals surface area contributed by atoms with Gasteiger partial charge in [-0.2, -0.15) is 0 Å². The second-order valence-electron chi connectivity index (χ2n) is 3.19. The number of hydrogen-bond acceptors (Lipinski definition) is 0. The van der Waals surface area contributed by atoms with Crippen LogP contribution in [-0.2, 0) is 4.47 Å². The van der Waals surface area contributed by atoms with Crippen LogP contribution < -0.4 is 3.61 Å². The molecule has 0 amide bonds. The van der Waals surface area contributed by atoms with Crippen molar-refractivity contribution in [2.24, 2.45) is 0 Å². The molecular formula is C13H11ClTe. The summed E-state index contributed by atoms with van der Waals surface area (Å²) in [7, 11) is 0. The third-order valence-corrected chi connectivity index (χ3v) is 5.49. The number of halogens is 1. The Hall–Kier alpha value is -0.480. The van der Waals surface area contributed by atoms with Crippen molar-refractivity contribution in [1.29, 1.82) is 0 Å². The van der Waals surface area contributed by atoms with Crippen molar-refractivity contribution in [2.75, 3.05) is 0 Å². The molecule has 0 bridgehead atoms. The molecule has 0 unspecified atom stereocenters. The predicted molar refractivity (Wildman–Crippen MR) is 67.0 cm³/mol. The molecule has 2 aromatic carbocycles. The van der Waals surface area contributed by atoms with E-state index in [9.17, 15) is 0 Å². The van der Waals surface area contributed by atoms with Gasteiger partial charge >= 0.3 is 106 Å². The fourth-order valence-electron chi connectivity index (χ4n) is 1.29. The van der Waals surface area contributed by atoms with Gasteiger partial charge in [0.25, 0.3) is 0 Å². The van der Waals surface area contributed by atoms with Crippen molar-refractivity contribution in [2.45, 2.75) is 4.47 Å². The van der Waals surface area contributed by atoms with Gasteiger partial charge in [-0.3, -0.25) is 0 Å². The normalized spacial score (nSPS) is 10.2. The SMILES string of the molecule is Clc1ccccc1C[Te]c1ccccc1. The zero-order valence-corrected chi connectivity index (χ0v) is 11.3. The first-order chi connectivity index (χ1) is 7.36. The first kappa shape index (κ1) is 11.0. The topological polar surface area (TPSA) is 0 Å². The number of benzene rings is 2. The summed E-state index contributed by atoms with van der Waals surface area (Å²) in [6, 6.07) is 18.8. The van der Waals surface area contributed by atoms with Crippen LogP contribution in [0.1, 0.15) is 5.56 Å². The van der Waals surface area contributed by atoms with Crippen LogP contribution >= 0.6 is 11.6 Å². The Morgan fingerprint density at radius 1 is 0.867 bits per heavy atom. The summed E-state index contributed by atoms with van der Waals surface area (Å²) in [6.45, 7) is 0. The quantitative estimate of drug-likeness (QED) is 0.759. The van der Waals surface area contributed by atoms with Gasteiger partial charge in [-0.25, -0.2) is 0 Å². The van der Waals surface area contributed by atoms with Crippen molar-refractivity contribution >= 4 is 36.1 Å². The molecule has 0 aliphatic heterocycles. The van der Waals surface area contributed by atoms with Gasteiger partial charge in [0.15, 0.2) is 0 Å². The molecule has 15 heavy (non-hydrogen) atoms. The zero-order chi connectivity index (χ0) is 10.5. The first-order valence-electron chi connectivity index (χ1n) is 4.77. The van der Waals surface area contributed by atoms with Gasteiger partial charge in [0.1, 0.15) is 0 Å². The molecule has 0 aliphatic rings. The van der Waals surface area contributed by atoms with Crippen LogP contribution in [0.15, 0.2) is 54.6 Å². The monoisotopic (exact) mass is 332 g/mol. The molecule has 0 nitrogen and oxygen atoms in total. The average Bonchev–Trinajstić information content (AvgIpc) is 2.29. The molecular weight excluding hydrogens is 319 g/mol. The van der Waals surface area contributed by atoms with E-state index in [-0.39, 0.29) is 20.9 Å². The third-order valence-electron chi connectivity index (χ3n) is 2.10. The average molecular weight is 330 g/mol. The summed E-state index contributed by atoms with van der Waals surface area (Å²) >= 11 is 5.98. The van der Waals surface area contributed by atoms with E-state index in [1.807, 2.05) is 12.1 Å². The minimum absolute atomic E-state index is 0.135. The molecule has 0 N–H and O–H groups in total. The van der Waals surface area contributed by atoms with Crippen LogP contribution in [0.3, 0.4) is 0 Å². The van der Waals surface area contributed by atoms with Crippen LogP contribution in [0.5, 0.6) is 0 Å². The van der Waals surface area contributed by atoms with Crippen molar-refractivity contribution in [3.05, 3.63) is 65.2 Å². The standard InChI is InChI=1S/C13H11ClTe/c14-13-9-5-4-6-11(13)10-15-12-7-2-1-3-8-12/h1-9H,10H2. The Balaban J connectivity index is 2.03. The van der Waals surface area contributed by atoms with Crippen molar-refractivity contribution < 1.29 is 0 Å². The molecule has 0 aliphatic carbocycles. The Morgan fingerprint density at radius 3 is 2.27 bits per heavy atom. The second-order valence-corrected chi connectivity index (χ2v) is 6.59. The number of hydrogen-bond donors (Lipinski definition) is 0. The van der Waals surface area contributed by atoms with Crippen LogP contribution in [0.2, 0.25) is 5.02 Å². The molecule has 0 heterocycles. The van der Waals surface area contributed by atoms with Crippen molar-refractivity contribution in [3.8, 4) is 0 Å². The molecule has 0 atom stereocenters. The Morgan fingerprint density at radius 2 is 1.53 bits per heavy atom. The molecule has 0 spiro atoms. The summed E-state index contributed by atoms with van der Waals surface area (Å²) in [5.41, 5.74) is 1.28. The van der Waals surface area contributed by atoms with Crippen molar-refractivity contribution in [1.82, 2.24) is 0 Å². The van der Waals surface area contributed by atoms with E-state index in [1.165, 1.54) is 9.17 Å². The van der Waals surface area contributed by atoms with E-state index >= 15 is 0 Å². The van der Waals surface area contributed by atoms with Gasteiger partial charge < -0.3 is 0 Å². The van der Waals surface area contributed by atoms with Gasteiger partial charge in [-0.05, 0) is 0 Å². The molecule has 2 heteroatoms. The van der Waals surface area contributed by atoms with Crippen LogP contribution in [-0.4, -0.2) is 20.9 Å². The molecule has 0 saturated heterocycles. The number of rotatable bonds is 3. The molecule has 76 valence electrons. The van der Waals surface area contributed by atoms with E-state index in [0.29, 0.717) is 0 Å².